The van der Waals surface area contributed by atoms with Gasteiger partial charge in [0, 0.05) is 37.1 Å². The molecule has 8 nitrogen and oxygen atoms in total. The van der Waals surface area contributed by atoms with Crippen LogP contribution in [0.3, 0.4) is 0 Å². The quantitative estimate of drug-likeness (QED) is 0.535. The predicted molar refractivity (Wildman–Crippen MR) is 110 cm³/mol. The number of H-pyrrole nitrogens is 1. The first-order chi connectivity index (χ1) is 13.4. The maximum Gasteiger partial charge on any atom is 0.292 e. The van der Waals surface area contributed by atoms with Crippen molar-refractivity contribution in [3.05, 3.63) is 61.0 Å². The Morgan fingerprint density at radius 2 is 1.93 bits per heavy atom. The molecular formula is C19H21N5O3S. The van der Waals surface area contributed by atoms with Crippen LogP contribution in [0.4, 0.5) is 11.4 Å². The summed E-state index contributed by atoms with van der Waals surface area (Å²) in [6.45, 7) is 7.39. The van der Waals surface area contributed by atoms with E-state index in [9.17, 15) is 14.9 Å². The summed E-state index contributed by atoms with van der Waals surface area (Å²) < 4.78 is 0. The molecule has 1 aromatic carbocycles. The van der Waals surface area contributed by atoms with E-state index in [-0.39, 0.29) is 16.2 Å². The molecule has 28 heavy (non-hydrogen) atoms. The predicted octanol–water partition coefficient (Wildman–Crippen LogP) is 2.83. The van der Waals surface area contributed by atoms with E-state index in [1.807, 2.05) is 24.8 Å². The Hall–Kier alpha value is -2.78. The lowest BCUT2D eigenvalue weighted by Gasteiger charge is -2.35. The number of anilines is 1. The Labute approximate surface area is 165 Å². The van der Waals surface area contributed by atoms with Crippen LogP contribution in [0.25, 0.3) is 10.2 Å². The Balaban J connectivity index is 1.47. The molecule has 1 aliphatic heterocycles. The highest BCUT2D eigenvalue weighted by Crippen LogP contribution is 2.29. The lowest BCUT2D eigenvalue weighted by Crippen LogP contribution is -2.46. The second-order valence-electron chi connectivity index (χ2n) is 6.99. The average molecular weight is 399 g/mol. The summed E-state index contributed by atoms with van der Waals surface area (Å²) in [6.07, 6.45) is 0. The molecule has 3 aromatic rings. The monoisotopic (exact) mass is 399 g/mol. The van der Waals surface area contributed by atoms with E-state index < -0.39 is 0 Å². The van der Waals surface area contributed by atoms with Crippen molar-refractivity contribution in [2.45, 2.75) is 20.4 Å². The van der Waals surface area contributed by atoms with E-state index >= 15 is 0 Å². The van der Waals surface area contributed by atoms with Crippen molar-refractivity contribution in [1.82, 2.24) is 14.9 Å². The van der Waals surface area contributed by atoms with E-state index in [0.717, 1.165) is 28.4 Å². The van der Waals surface area contributed by atoms with Gasteiger partial charge < -0.3 is 9.88 Å². The highest BCUT2D eigenvalue weighted by Gasteiger charge is 2.24. The first-order valence-electron chi connectivity index (χ1n) is 9.13. The third kappa shape index (κ3) is 3.38. The molecule has 0 amide bonds. The van der Waals surface area contributed by atoms with Crippen molar-refractivity contribution in [3.8, 4) is 0 Å². The number of rotatable bonds is 4. The topological polar surface area (TPSA) is 95.4 Å². The number of aromatic amines is 1. The molecule has 0 atom stereocenters. The van der Waals surface area contributed by atoms with Crippen LogP contribution in [-0.4, -0.2) is 46.0 Å². The highest BCUT2D eigenvalue weighted by molar-refractivity contribution is 7.18. The number of aryl methyl sites for hydroxylation is 2. The third-order valence-corrected chi connectivity index (χ3v) is 6.35. The smallest absolute Gasteiger partial charge is 0.292 e. The van der Waals surface area contributed by atoms with Crippen LogP contribution >= 0.6 is 11.3 Å². The van der Waals surface area contributed by atoms with Crippen LogP contribution in [0.2, 0.25) is 0 Å². The van der Waals surface area contributed by atoms with Gasteiger partial charge in [-0.2, -0.15) is 0 Å². The average Bonchev–Trinajstić information content (AvgIpc) is 2.96. The van der Waals surface area contributed by atoms with E-state index in [1.54, 1.807) is 23.5 Å². The molecule has 0 unspecified atom stereocenters. The zero-order valence-corrected chi connectivity index (χ0v) is 16.6. The van der Waals surface area contributed by atoms with Crippen LogP contribution in [0.1, 0.15) is 16.3 Å². The molecule has 1 fully saturated rings. The van der Waals surface area contributed by atoms with Crippen molar-refractivity contribution in [2.75, 3.05) is 31.1 Å². The Morgan fingerprint density at radius 1 is 1.21 bits per heavy atom. The second kappa shape index (κ2) is 7.33. The van der Waals surface area contributed by atoms with E-state index in [2.05, 4.69) is 14.9 Å². The van der Waals surface area contributed by atoms with Gasteiger partial charge in [0.15, 0.2) is 0 Å². The fourth-order valence-electron chi connectivity index (χ4n) is 3.62. The minimum atomic E-state index is -0.337. The first-order valence-corrected chi connectivity index (χ1v) is 9.95. The van der Waals surface area contributed by atoms with Gasteiger partial charge in [0.25, 0.3) is 11.2 Å². The Kier molecular flexibility index (Phi) is 4.86. The number of benzene rings is 1. The summed E-state index contributed by atoms with van der Waals surface area (Å²) in [5, 5.41) is 11.9. The summed E-state index contributed by atoms with van der Waals surface area (Å²) in [5.41, 5.74) is 1.71. The number of nitrogens with one attached hydrogen (secondary N) is 1. The SMILES string of the molecule is Cc1sc2nc(CN3CCN(c4ccccc4[N+](=O)[O-])CC3)[nH]c(=O)c2c1C. The lowest BCUT2D eigenvalue weighted by molar-refractivity contribution is -0.384. The molecule has 1 saturated heterocycles. The largest absolute Gasteiger partial charge is 0.363 e. The van der Waals surface area contributed by atoms with Gasteiger partial charge in [-0.25, -0.2) is 4.98 Å². The van der Waals surface area contributed by atoms with Gasteiger partial charge in [-0.1, -0.05) is 12.1 Å². The molecule has 9 heteroatoms. The first kappa shape index (κ1) is 18.6. The molecule has 4 rings (SSSR count). The van der Waals surface area contributed by atoms with Crippen LogP contribution in [0, 0.1) is 24.0 Å². The van der Waals surface area contributed by atoms with Crippen LogP contribution in [0.5, 0.6) is 0 Å². The Bertz CT molecular complexity index is 1100. The molecule has 146 valence electrons. The highest BCUT2D eigenvalue weighted by atomic mass is 32.1. The number of nitrogens with zero attached hydrogens (tertiary/aromatic N) is 4. The van der Waals surface area contributed by atoms with Crippen LogP contribution in [0.15, 0.2) is 29.1 Å². The van der Waals surface area contributed by atoms with Gasteiger partial charge in [0.1, 0.15) is 16.3 Å². The molecule has 0 bridgehead atoms. The van der Waals surface area contributed by atoms with Crippen molar-refractivity contribution in [2.24, 2.45) is 0 Å². The van der Waals surface area contributed by atoms with Crippen molar-refractivity contribution < 1.29 is 4.92 Å². The molecule has 1 N–H and O–H groups in total. The minimum absolute atomic E-state index is 0.0830. The summed E-state index contributed by atoms with van der Waals surface area (Å²) in [7, 11) is 0. The van der Waals surface area contributed by atoms with Gasteiger partial charge in [-0.15, -0.1) is 11.3 Å². The number of nitro benzene ring substituents is 1. The van der Waals surface area contributed by atoms with Gasteiger partial charge in [0.05, 0.1) is 16.9 Å². The molecule has 2 aromatic heterocycles. The fraction of sp³-hybridized carbons (Fsp3) is 0.368. The summed E-state index contributed by atoms with van der Waals surface area (Å²) in [6, 6.07) is 6.84. The van der Waals surface area contributed by atoms with Crippen molar-refractivity contribution in [1.29, 1.82) is 0 Å². The van der Waals surface area contributed by atoms with E-state index in [0.29, 0.717) is 36.5 Å². The van der Waals surface area contributed by atoms with E-state index in [1.165, 1.54) is 6.07 Å². The van der Waals surface area contributed by atoms with E-state index in [4.69, 9.17) is 0 Å². The number of para-hydroxylation sites is 2. The number of hydrogen-bond donors (Lipinski definition) is 1. The maximum atomic E-state index is 12.4. The number of nitro groups is 1. The van der Waals surface area contributed by atoms with Gasteiger partial charge >= 0.3 is 0 Å². The number of hydrogen-bond acceptors (Lipinski definition) is 7. The van der Waals surface area contributed by atoms with Gasteiger partial charge in [-0.3, -0.25) is 19.8 Å². The molecule has 1 aliphatic rings. The normalized spacial score (nSPS) is 15.3. The van der Waals surface area contributed by atoms with Crippen LogP contribution in [-0.2, 0) is 6.54 Å². The molecule has 0 saturated carbocycles. The van der Waals surface area contributed by atoms with Crippen molar-refractivity contribution >= 4 is 32.9 Å². The minimum Gasteiger partial charge on any atom is -0.363 e. The Morgan fingerprint density at radius 3 is 2.64 bits per heavy atom. The summed E-state index contributed by atoms with van der Waals surface area (Å²) in [5.74, 6) is 0.665. The molecule has 0 radical (unpaired) electrons. The number of fused-ring (bicyclic) bond motifs is 1. The second-order valence-corrected chi connectivity index (χ2v) is 8.19. The van der Waals surface area contributed by atoms with Gasteiger partial charge in [-0.05, 0) is 25.5 Å². The summed E-state index contributed by atoms with van der Waals surface area (Å²) >= 11 is 1.55. The molecular weight excluding hydrogens is 378 g/mol. The maximum absolute atomic E-state index is 12.4. The summed E-state index contributed by atoms with van der Waals surface area (Å²) in [4.78, 5) is 37.1. The molecule has 0 spiro atoms. The number of piperazine rings is 1. The fourth-order valence-corrected chi connectivity index (χ4v) is 4.67. The zero-order chi connectivity index (χ0) is 19.8. The molecule has 0 aliphatic carbocycles. The van der Waals surface area contributed by atoms with Gasteiger partial charge in [0.2, 0.25) is 0 Å². The number of aromatic nitrogens is 2. The van der Waals surface area contributed by atoms with Crippen molar-refractivity contribution in [3.63, 3.8) is 0 Å². The third-order valence-electron chi connectivity index (χ3n) is 5.25. The number of thiophene rings is 1. The standard InChI is InChI=1S/C19H21N5O3S/c1-12-13(2)28-19-17(12)18(25)20-16(21-19)11-22-7-9-23(10-8-22)14-5-3-4-6-15(14)24(26)27/h3-6H,7-11H2,1-2H3,(H,20,21,25). The zero-order valence-electron chi connectivity index (χ0n) is 15.8. The lowest BCUT2D eigenvalue weighted by atomic mass is 10.2. The molecule has 3 heterocycles. The van der Waals surface area contributed by atoms with Crippen LogP contribution < -0.4 is 10.5 Å².